The van der Waals surface area contributed by atoms with E-state index in [2.05, 4.69) is 19.2 Å². The number of carbonyl (C=O) groups excluding carboxylic acids is 2. The highest BCUT2D eigenvalue weighted by molar-refractivity contribution is 5.96. The summed E-state index contributed by atoms with van der Waals surface area (Å²) in [5.41, 5.74) is 7.51. The molecule has 0 saturated heterocycles. The number of hydrogen-bond acceptors (Lipinski definition) is 3. The standard InChI is InChI=1S/C20H24N2O3/c1-4-13(2)15-9-11-16(12-10-15)22-20(24)14(3)25-18-8-6-5-7-17(18)19(21)23/h5-14H,4H2,1-3H3,(H2,21,23)(H,22,24)/t13-,14+/m1/s1. The van der Waals surface area contributed by atoms with Crippen LogP contribution in [0.25, 0.3) is 0 Å². The molecule has 0 spiro atoms. The molecule has 3 N–H and O–H groups in total. The number of hydrogen-bond donors (Lipinski definition) is 2. The first kappa shape index (κ1) is 18.5. The Morgan fingerprint density at radius 2 is 1.72 bits per heavy atom. The Bertz CT molecular complexity index is 741. The van der Waals surface area contributed by atoms with Crippen molar-refractivity contribution in [2.24, 2.45) is 5.73 Å². The van der Waals surface area contributed by atoms with Crippen LogP contribution in [0.15, 0.2) is 48.5 Å². The van der Waals surface area contributed by atoms with Crippen LogP contribution in [0.2, 0.25) is 0 Å². The third-order valence-electron chi connectivity index (χ3n) is 4.19. The lowest BCUT2D eigenvalue weighted by Crippen LogP contribution is -2.30. The van der Waals surface area contributed by atoms with Crippen molar-refractivity contribution in [2.75, 3.05) is 5.32 Å². The van der Waals surface area contributed by atoms with E-state index in [1.807, 2.05) is 24.3 Å². The molecule has 132 valence electrons. The predicted octanol–water partition coefficient (Wildman–Crippen LogP) is 3.71. The molecule has 0 heterocycles. The summed E-state index contributed by atoms with van der Waals surface area (Å²) in [6.07, 6.45) is 0.297. The normalized spacial score (nSPS) is 12.9. The SMILES string of the molecule is CC[C@@H](C)c1ccc(NC(=O)[C@H](C)Oc2ccccc2C(N)=O)cc1. The van der Waals surface area contributed by atoms with E-state index in [9.17, 15) is 9.59 Å². The van der Waals surface area contributed by atoms with Gasteiger partial charge in [0.15, 0.2) is 6.10 Å². The Kier molecular flexibility index (Phi) is 6.17. The van der Waals surface area contributed by atoms with E-state index < -0.39 is 12.0 Å². The molecular weight excluding hydrogens is 316 g/mol. The van der Waals surface area contributed by atoms with Crippen molar-refractivity contribution in [1.82, 2.24) is 0 Å². The van der Waals surface area contributed by atoms with Crippen LogP contribution in [0, 0.1) is 0 Å². The fourth-order valence-corrected chi connectivity index (χ4v) is 2.39. The molecular formula is C20H24N2O3. The largest absolute Gasteiger partial charge is 0.480 e. The smallest absolute Gasteiger partial charge is 0.265 e. The molecule has 5 heteroatoms. The molecule has 0 unspecified atom stereocenters. The van der Waals surface area contributed by atoms with Crippen LogP contribution in [0.4, 0.5) is 5.69 Å². The van der Waals surface area contributed by atoms with E-state index in [0.717, 1.165) is 6.42 Å². The summed E-state index contributed by atoms with van der Waals surface area (Å²) in [5, 5.41) is 2.81. The number of para-hydroxylation sites is 1. The van der Waals surface area contributed by atoms with Crippen LogP contribution in [-0.4, -0.2) is 17.9 Å². The number of carbonyl (C=O) groups is 2. The molecule has 2 atom stereocenters. The Hall–Kier alpha value is -2.82. The maximum atomic E-state index is 12.3. The average molecular weight is 340 g/mol. The quantitative estimate of drug-likeness (QED) is 0.806. The topological polar surface area (TPSA) is 81.4 Å². The number of nitrogens with two attached hydrogens (primary N) is 1. The lowest BCUT2D eigenvalue weighted by Gasteiger charge is -2.17. The van der Waals surface area contributed by atoms with Gasteiger partial charge in [-0.15, -0.1) is 0 Å². The van der Waals surface area contributed by atoms with Gasteiger partial charge in [0.1, 0.15) is 5.75 Å². The van der Waals surface area contributed by atoms with Crippen LogP contribution < -0.4 is 15.8 Å². The van der Waals surface area contributed by atoms with Gasteiger partial charge >= 0.3 is 0 Å². The van der Waals surface area contributed by atoms with Crippen LogP contribution in [0.5, 0.6) is 5.75 Å². The van der Waals surface area contributed by atoms with Crippen molar-refractivity contribution in [3.05, 3.63) is 59.7 Å². The Balaban J connectivity index is 2.02. The molecule has 2 amide bonds. The molecule has 0 aliphatic heterocycles. The molecule has 0 radical (unpaired) electrons. The molecule has 2 rings (SSSR count). The highest BCUT2D eigenvalue weighted by Crippen LogP contribution is 2.21. The second-order valence-electron chi connectivity index (χ2n) is 6.04. The molecule has 0 aliphatic rings. The average Bonchev–Trinajstić information content (AvgIpc) is 2.61. The minimum atomic E-state index is -0.769. The van der Waals surface area contributed by atoms with Crippen LogP contribution in [-0.2, 0) is 4.79 Å². The van der Waals surface area contributed by atoms with E-state index in [1.54, 1.807) is 31.2 Å². The van der Waals surface area contributed by atoms with Gasteiger partial charge in [-0.05, 0) is 49.1 Å². The molecule has 5 nitrogen and oxygen atoms in total. The minimum absolute atomic E-state index is 0.250. The van der Waals surface area contributed by atoms with Gasteiger partial charge in [-0.2, -0.15) is 0 Å². The zero-order chi connectivity index (χ0) is 18.4. The first-order chi connectivity index (χ1) is 11.9. The monoisotopic (exact) mass is 340 g/mol. The Morgan fingerprint density at radius 3 is 2.32 bits per heavy atom. The summed E-state index contributed by atoms with van der Waals surface area (Å²) in [5.74, 6) is -0.110. The fourth-order valence-electron chi connectivity index (χ4n) is 2.39. The van der Waals surface area contributed by atoms with Crippen molar-refractivity contribution >= 4 is 17.5 Å². The van der Waals surface area contributed by atoms with Gasteiger partial charge in [-0.3, -0.25) is 9.59 Å². The van der Waals surface area contributed by atoms with Crippen molar-refractivity contribution < 1.29 is 14.3 Å². The summed E-state index contributed by atoms with van der Waals surface area (Å²) >= 11 is 0. The summed E-state index contributed by atoms with van der Waals surface area (Å²) < 4.78 is 5.61. The highest BCUT2D eigenvalue weighted by Gasteiger charge is 2.18. The Morgan fingerprint density at radius 1 is 1.08 bits per heavy atom. The van der Waals surface area contributed by atoms with Crippen molar-refractivity contribution in [2.45, 2.75) is 39.2 Å². The van der Waals surface area contributed by atoms with Crippen LogP contribution in [0.1, 0.15) is 49.0 Å². The van der Waals surface area contributed by atoms with Crippen molar-refractivity contribution in [3.8, 4) is 5.75 Å². The number of amides is 2. The van der Waals surface area contributed by atoms with Crippen LogP contribution in [0.3, 0.4) is 0 Å². The number of anilines is 1. The molecule has 0 aromatic heterocycles. The first-order valence-corrected chi connectivity index (χ1v) is 8.38. The number of benzene rings is 2. The Labute approximate surface area is 148 Å². The van der Waals surface area contributed by atoms with Crippen LogP contribution >= 0.6 is 0 Å². The van der Waals surface area contributed by atoms with E-state index in [4.69, 9.17) is 10.5 Å². The third kappa shape index (κ3) is 4.83. The zero-order valence-electron chi connectivity index (χ0n) is 14.8. The number of rotatable bonds is 7. The number of nitrogens with one attached hydrogen (secondary N) is 1. The molecule has 0 saturated carbocycles. The second-order valence-corrected chi connectivity index (χ2v) is 6.04. The van der Waals surface area contributed by atoms with Gasteiger partial charge in [-0.1, -0.05) is 38.1 Å². The summed E-state index contributed by atoms with van der Waals surface area (Å²) in [7, 11) is 0. The molecule has 2 aromatic rings. The summed E-state index contributed by atoms with van der Waals surface area (Å²) in [4.78, 5) is 23.7. The predicted molar refractivity (Wildman–Crippen MR) is 98.8 cm³/mol. The van der Waals surface area contributed by atoms with Gasteiger partial charge < -0.3 is 15.8 Å². The van der Waals surface area contributed by atoms with Gasteiger partial charge in [-0.25, -0.2) is 0 Å². The van der Waals surface area contributed by atoms with Gasteiger partial charge in [0.25, 0.3) is 11.8 Å². The molecule has 0 fully saturated rings. The lowest BCUT2D eigenvalue weighted by molar-refractivity contribution is -0.122. The zero-order valence-corrected chi connectivity index (χ0v) is 14.8. The fraction of sp³-hybridized carbons (Fsp3) is 0.300. The van der Waals surface area contributed by atoms with E-state index in [0.29, 0.717) is 17.4 Å². The lowest BCUT2D eigenvalue weighted by atomic mass is 9.99. The van der Waals surface area contributed by atoms with Gasteiger partial charge in [0.05, 0.1) is 5.56 Å². The van der Waals surface area contributed by atoms with Gasteiger partial charge in [0.2, 0.25) is 0 Å². The van der Waals surface area contributed by atoms with Gasteiger partial charge in [0, 0.05) is 5.69 Å². The molecule has 25 heavy (non-hydrogen) atoms. The number of ether oxygens (including phenoxy) is 1. The van der Waals surface area contributed by atoms with E-state index in [1.165, 1.54) is 5.56 Å². The maximum Gasteiger partial charge on any atom is 0.265 e. The molecule has 0 bridgehead atoms. The van der Waals surface area contributed by atoms with E-state index in [-0.39, 0.29) is 11.5 Å². The van der Waals surface area contributed by atoms with Crippen molar-refractivity contribution in [1.29, 1.82) is 0 Å². The summed E-state index contributed by atoms with van der Waals surface area (Å²) in [6, 6.07) is 14.4. The molecule has 2 aromatic carbocycles. The molecule has 0 aliphatic carbocycles. The second kappa shape index (κ2) is 8.33. The minimum Gasteiger partial charge on any atom is -0.480 e. The first-order valence-electron chi connectivity index (χ1n) is 8.38. The number of primary amides is 1. The van der Waals surface area contributed by atoms with Crippen molar-refractivity contribution in [3.63, 3.8) is 0 Å². The summed E-state index contributed by atoms with van der Waals surface area (Å²) in [6.45, 7) is 5.93. The third-order valence-corrected chi connectivity index (χ3v) is 4.19. The highest BCUT2D eigenvalue weighted by atomic mass is 16.5. The maximum absolute atomic E-state index is 12.3. The van der Waals surface area contributed by atoms with E-state index >= 15 is 0 Å².